The Morgan fingerprint density at radius 3 is 2.42 bits per heavy atom. The van der Waals surface area contributed by atoms with Crippen LogP contribution in [0.25, 0.3) is 0 Å². The molecule has 0 aromatic heterocycles. The number of aryl methyl sites for hydroxylation is 1. The first-order chi connectivity index (χ1) is 8.70. The van der Waals surface area contributed by atoms with E-state index in [2.05, 4.69) is 49.1 Å². The van der Waals surface area contributed by atoms with E-state index in [9.17, 15) is 0 Å². The van der Waals surface area contributed by atoms with E-state index in [-0.39, 0.29) is 12.4 Å². The standard InChI is InChI=1S/C16H20N2.ClH/c1-3-18(16-10-5-4-7-13(16)2)12-14-8-6-9-15(17)11-14;/h4-11H,3,12,17H2,1-2H3;1H. The summed E-state index contributed by atoms with van der Waals surface area (Å²) in [5, 5.41) is 0. The van der Waals surface area contributed by atoms with Crippen molar-refractivity contribution in [2.75, 3.05) is 17.2 Å². The lowest BCUT2D eigenvalue weighted by Gasteiger charge is -2.25. The number of nitrogens with zero attached hydrogens (tertiary/aromatic N) is 1. The fourth-order valence-corrected chi connectivity index (χ4v) is 2.20. The largest absolute Gasteiger partial charge is 0.399 e. The van der Waals surface area contributed by atoms with Crippen LogP contribution in [0.15, 0.2) is 48.5 Å². The topological polar surface area (TPSA) is 29.3 Å². The van der Waals surface area contributed by atoms with Crippen molar-refractivity contribution in [3.8, 4) is 0 Å². The lowest BCUT2D eigenvalue weighted by atomic mass is 10.1. The predicted molar refractivity (Wildman–Crippen MR) is 86.0 cm³/mol. The minimum atomic E-state index is 0. The van der Waals surface area contributed by atoms with Crippen LogP contribution in [0.2, 0.25) is 0 Å². The maximum Gasteiger partial charge on any atom is 0.0430 e. The lowest BCUT2D eigenvalue weighted by molar-refractivity contribution is 0.828. The van der Waals surface area contributed by atoms with Gasteiger partial charge in [0.25, 0.3) is 0 Å². The number of para-hydroxylation sites is 1. The molecule has 0 saturated carbocycles. The van der Waals surface area contributed by atoms with E-state index in [1.54, 1.807) is 0 Å². The van der Waals surface area contributed by atoms with E-state index >= 15 is 0 Å². The molecule has 0 unspecified atom stereocenters. The zero-order valence-electron chi connectivity index (χ0n) is 11.5. The zero-order valence-corrected chi connectivity index (χ0v) is 12.3. The molecule has 0 fully saturated rings. The molecule has 0 aliphatic carbocycles. The summed E-state index contributed by atoms with van der Waals surface area (Å²) in [6, 6.07) is 16.6. The highest BCUT2D eigenvalue weighted by Crippen LogP contribution is 2.21. The summed E-state index contributed by atoms with van der Waals surface area (Å²) in [7, 11) is 0. The summed E-state index contributed by atoms with van der Waals surface area (Å²) in [5.41, 5.74) is 10.5. The molecule has 0 spiro atoms. The van der Waals surface area contributed by atoms with Crippen molar-refractivity contribution >= 4 is 23.8 Å². The van der Waals surface area contributed by atoms with Crippen molar-refractivity contribution in [2.24, 2.45) is 0 Å². The van der Waals surface area contributed by atoms with Gasteiger partial charge in [0.15, 0.2) is 0 Å². The van der Waals surface area contributed by atoms with Crippen LogP contribution in [-0.2, 0) is 6.54 Å². The molecule has 0 aliphatic heterocycles. The van der Waals surface area contributed by atoms with Crippen molar-refractivity contribution < 1.29 is 0 Å². The van der Waals surface area contributed by atoms with E-state index in [1.807, 2.05) is 18.2 Å². The van der Waals surface area contributed by atoms with Crippen molar-refractivity contribution in [2.45, 2.75) is 20.4 Å². The number of hydrogen-bond acceptors (Lipinski definition) is 2. The summed E-state index contributed by atoms with van der Waals surface area (Å²) in [4.78, 5) is 2.37. The molecule has 102 valence electrons. The molecule has 0 bridgehead atoms. The van der Waals surface area contributed by atoms with Crippen LogP contribution >= 0.6 is 12.4 Å². The monoisotopic (exact) mass is 276 g/mol. The Morgan fingerprint density at radius 2 is 1.79 bits per heavy atom. The smallest absolute Gasteiger partial charge is 0.0430 e. The second-order valence-electron chi connectivity index (χ2n) is 4.55. The molecule has 2 rings (SSSR count). The molecule has 0 saturated heterocycles. The first-order valence-corrected chi connectivity index (χ1v) is 6.35. The highest BCUT2D eigenvalue weighted by atomic mass is 35.5. The van der Waals surface area contributed by atoms with Crippen molar-refractivity contribution in [1.82, 2.24) is 0 Å². The molecule has 3 heteroatoms. The third-order valence-corrected chi connectivity index (χ3v) is 3.16. The number of nitrogen functional groups attached to an aromatic ring is 1. The molecule has 0 radical (unpaired) electrons. The molecule has 0 amide bonds. The van der Waals surface area contributed by atoms with E-state index in [0.717, 1.165) is 18.8 Å². The molecular weight excluding hydrogens is 256 g/mol. The Hall–Kier alpha value is -1.67. The van der Waals surface area contributed by atoms with Crippen LogP contribution in [0.4, 0.5) is 11.4 Å². The van der Waals surface area contributed by atoms with E-state index in [4.69, 9.17) is 5.73 Å². The third-order valence-electron chi connectivity index (χ3n) is 3.16. The molecular formula is C16H21ClN2. The molecule has 19 heavy (non-hydrogen) atoms. The van der Waals surface area contributed by atoms with Gasteiger partial charge in [0.2, 0.25) is 0 Å². The Bertz CT molecular complexity index is 526. The SMILES string of the molecule is CCN(Cc1cccc(N)c1)c1ccccc1C.Cl. The number of benzene rings is 2. The number of hydrogen-bond donors (Lipinski definition) is 1. The highest BCUT2D eigenvalue weighted by molar-refractivity contribution is 5.85. The van der Waals surface area contributed by atoms with Gasteiger partial charge in [-0.3, -0.25) is 0 Å². The van der Waals surface area contributed by atoms with Gasteiger partial charge < -0.3 is 10.6 Å². The summed E-state index contributed by atoms with van der Waals surface area (Å²) < 4.78 is 0. The predicted octanol–water partition coefficient (Wildman–Crippen LogP) is 4.03. The highest BCUT2D eigenvalue weighted by Gasteiger charge is 2.07. The summed E-state index contributed by atoms with van der Waals surface area (Å²) >= 11 is 0. The number of rotatable bonds is 4. The molecule has 2 N–H and O–H groups in total. The van der Waals surface area contributed by atoms with Gasteiger partial charge in [0.1, 0.15) is 0 Å². The van der Waals surface area contributed by atoms with Gasteiger partial charge in [-0.15, -0.1) is 12.4 Å². The summed E-state index contributed by atoms with van der Waals surface area (Å²) in [6.45, 7) is 6.21. The van der Waals surface area contributed by atoms with Crippen LogP contribution in [0, 0.1) is 6.92 Å². The molecule has 0 heterocycles. The molecule has 2 nitrogen and oxygen atoms in total. The number of anilines is 2. The fraction of sp³-hybridized carbons (Fsp3) is 0.250. The van der Waals surface area contributed by atoms with Gasteiger partial charge in [0.05, 0.1) is 0 Å². The second kappa shape index (κ2) is 7.05. The van der Waals surface area contributed by atoms with Crippen LogP contribution in [0.5, 0.6) is 0 Å². The van der Waals surface area contributed by atoms with Crippen molar-refractivity contribution in [3.05, 3.63) is 59.7 Å². The maximum absolute atomic E-state index is 5.83. The molecule has 0 aliphatic rings. The van der Waals surface area contributed by atoms with E-state index < -0.39 is 0 Å². The summed E-state index contributed by atoms with van der Waals surface area (Å²) in [6.07, 6.45) is 0. The lowest BCUT2D eigenvalue weighted by Crippen LogP contribution is -2.22. The van der Waals surface area contributed by atoms with Crippen LogP contribution in [0.1, 0.15) is 18.1 Å². The van der Waals surface area contributed by atoms with Gasteiger partial charge in [-0.1, -0.05) is 30.3 Å². The minimum absolute atomic E-state index is 0. The maximum atomic E-state index is 5.83. The quantitative estimate of drug-likeness (QED) is 0.855. The molecule has 0 atom stereocenters. The zero-order chi connectivity index (χ0) is 13.0. The first-order valence-electron chi connectivity index (χ1n) is 6.35. The Kier molecular flexibility index (Phi) is 5.71. The van der Waals surface area contributed by atoms with Gasteiger partial charge in [-0.25, -0.2) is 0 Å². The Balaban J connectivity index is 0.00000180. The average molecular weight is 277 g/mol. The number of halogens is 1. The van der Waals surface area contributed by atoms with Gasteiger partial charge in [-0.2, -0.15) is 0 Å². The second-order valence-corrected chi connectivity index (χ2v) is 4.55. The Morgan fingerprint density at radius 1 is 1.05 bits per heavy atom. The first kappa shape index (κ1) is 15.4. The van der Waals surface area contributed by atoms with Gasteiger partial charge >= 0.3 is 0 Å². The van der Waals surface area contributed by atoms with Crippen molar-refractivity contribution in [1.29, 1.82) is 0 Å². The minimum Gasteiger partial charge on any atom is -0.399 e. The van der Waals surface area contributed by atoms with Crippen molar-refractivity contribution in [3.63, 3.8) is 0 Å². The third kappa shape index (κ3) is 3.90. The van der Waals surface area contributed by atoms with E-state index in [1.165, 1.54) is 16.8 Å². The normalized spacial score (nSPS) is 9.79. The molecule has 2 aromatic rings. The number of nitrogens with two attached hydrogens (primary N) is 1. The average Bonchev–Trinajstić information content (AvgIpc) is 2.37. The Labute approximate surface area is 121 Å². The van der Waals surface area contributed by atoms with E-state index in [0.29, 0.717) is 0 Å². The van der Waals surface area contributed by atoms with Crippen LogP contribution in [-0.4, -0.2) is 6.54 Å². The summed E-state index contributed by atoms with van der Waals surface area (Å²) in [5.74, 6) is 0. The van der Waals surface area contributed by atoms with Gasteiger partial charge in [0, 0.05) is 24.5 Å². The van der Waals surface area contributed by atoms with Gasteiger partial charge in [-0.05, 0) is 43.2 Å². The molecule has 2 aromatic carbocycles. The fourth-order valence-electron chi connectivity index (χ4n) is 2.20. The van der Waals surface area contributed by atoms with Crippen LogP contribution < -0.4 is 10.6 Å². The van der Waals surface area contributed by atoms with Crippen LogP contribution in [0.3, 0.4) is 0 Å².